The monoisotopic (exact) mass is 397 g/mol. The fraction of sp³-hybridized carbons (Fsp3) is 0.263. The number of likely N-dealkylation sites (tertiary alicyclic amines) is 1. The molecular weight excluding hydrogens is 378 g/mol. The molecule has 1 saturated heterocycles. The van der Waals surface area contributed by atoms with Crippen LogP contribution in [0, 0.1) is 0 Å². The first-order valence-corrected chi connectivity index (χ1v) is 9.72. The molecule has 1 fully saturated rings. The van der Waals surface area contributed by atoms with Gasteiger partial charge in [0.05, 0.1) is 17.3 Å². The van der Waals surface area contributed by atoms with Gasteiger partial charge in [-0.3, -0.25) is 14.5 Å². The van der Waals surface area contributed by atoms with Gasteiger partial charge in [-0.05, 0) is 35.7 Å². The molecule has 9 heteroatoms. The van der Waals surface area contributed by atoms with Gasteiger partial charge in [-0.1, -0.05) is 11.2 Å². The lowest BCUT2D eigenvalue weighted by Crippen LogP contribution is -2.48. The average molecular weight is 397 g/mol. The standard InChI is InChI=1S/C19H19N5O3S/c1-12(25)20-14-4-6-15(7-5-14)21-17(26)11-24-9-13(10-24)19-22-18(23-27-19)16-3-2-8-28-16/h2-8,13H,9-11H2,1H3,(H,20,25)(H,21,26). The van der Waals surface area contributed by atoms with Gasteiger partial charge in [0.2, 0.25) is 23.5 Å². The molecule has 4 rings (SSSR count). The van der Waals surface area contributed by atoms with Gasteiger partial charge in [-0.15, -0.1) is 11.3 Å². The minimum Gasteiger partial charge on any atom is -0.339 e. The van der Waals surface area contributed by atoms with Crippen LogP contribution in [0.2, 0.25) is 0 Å². The van der Waals surface area contributed by atoms with E-state index in [4.69, 9.17) is 4.52 Å². The highest BCUT2D eigenvalue weighted by molar-refractivity contribution is 7.13. The molecule has 8 nitrogen and oxygen atoms in total. The predicted octanol–water partition coefficient (Wildman–Crippen LogP) is 2.79. The zero-order valence-corrected chi connectivity index (χ0v) is 16.0. The first-order valence-electron chi connectivity index (χ1n) is 8.84. The lowest BCUT2D eigenvalue weighted by molar-refractivity contribution is -0.118. The summed E-state index contributed by atoms with van der Waals surface area (Å²) < 4.78 is 5.37. The summed E-state index contributed by atoms with van der Waals surface area (Å²) in [4.78, 5) is 30.7. The molecule has 2 amide bonds. The van der Waals surface area contributed by atoms with Crippen LogP contribution in [0.15, 0.2) is 46.3 Å². The number of carbonyl (C=O) groups is 2. The Balaban J connectivity index is 1.24. The van der Waals surface area contributed by atoms with E-state index in [-0.39, 0.29) is 17.7 Å². The zero-order valence-electron chi connectivity index (χ0n) is 15.2. The summed E-state index contributed by atoms with van der Waals surface area (Å²) in [5.41, 5.74) is 1.38. The minimum absolute atomic E-state index is 0.0875. The van der Waals surface area contributed by atoms with Crippen molar-refractivity contribution in [2.24, 2.45) is 0 Å². The molecule has 144 valence electrons. The van der Waals surface area contributed by atoms with Crippen LogP contribution in [0.25, 0.3) is 10.7 Å². The molecular formula is C19H19N5O3S. The topological polar surface area (TPSA) is 100 Å². The first-order chi connectivity index (χ1) is 13.6. The van der Waals surface area contributed by atoms with Crippen molar-refractivity contribution in [3.05, 3.63) is 47.7 Å². The minimum atomic E-state index is -0.132. The van der Waals surface area contributed by atoms with E-state index in [1.807, 2.05) is 22.4 Å². The summed E-state index contributed by atoms with van der Waals surface area (Å²) in [7, 11) is 0. The Morgan fingerprint density at radius 1 is 1.18 bits per heavy atom. The van der Waals surface area contributed by atoms with Gasteiger partial charge in [-0.2, -0.15) is 4.98 Å². The lowest BCUT2D eigenvalue weighted by Gasteiger charge is -2.36. The van der Waals surface area contributed by atoms with Crippen LogP contribution in [0.1, 0.15) is 18.7 Å². The summed E-state index contributed by atoms with van der Waals surface area (Å²) in [6.07, 6.45) is 0. The fourth-order valence-electron chi connectivity index (χ4n) is 3.01. The van der Waals surface area contributed by atoms with E-state index in [0.717, 1.165) is 4.88 Å². The number of rotatable bonds is 6. The fourth-order valence-corrected chi connectivity index (χ4v) is 3.66. The van der Waals surface area contributed by atoms with Crippen molar-refractivity contribution < 1.29 is 14.1 Å². The Morgan fingerprint density at radius 3 is 2.54 bits per heavy atom. The van der Waals surface area contributed by atoms with Gasteiger partial charge in [-0.25, -0.2) is 0 Å². The number of aromatic nitrogens is 2. The zero-order chi connectivity index (χ0) is 19.5. The quantitative estimate of drug-likeness (QED) is 0.663. The van der Waals surface area contributed by atoms with Crippen molar-refractivity contribution in [2.45, 2.75) is 12.8 Å². The van der Waals surface area contributed by atoms with E-state index in [0.29, 0.717) is 42.7 Å². The van der Waals surface area contributed by atoms with Gasteiger partial charge in [0.25, 0.3) is 0 Å². The largest absolute Gasteiger partial charge is 0.339 e. The molecule has 0 spiro atoms. The van der Waals surface area contributed by atoms with Crippen molar-refractivity contribution in [2.75, 3.05) is 30.3 Å². The highest BCUT2D eigenvalue weighted by Crippen LogP contribution is 2.28. The number of hydrogen-bond donors (Lipinski definition) is 2. The lowest BCUT2D eigenvalue weighted by atomic mass is 10.0. The second-order valence-electron chi connectivity index (χ2n) is 6.63. The first kappa shape index (κ1) is 18.3. The third kappa shape index (κ3) is 4.26. The van der Waals surface area contributed by atoms with Crippen molar-refractivity contribution in [1.82, 2.24) is 15.0 Å². The van der Waals surface area contributed by atoms with E-state index >= 15 is 0 Å². The third-order valence-corrected chi connectivity index (χ3v) is 5.21. The van der Waals surface area contributed by atoms with E-state index < -0.39 is 0 Å². The summed E-state index contributed by atoms with van der Waals surface area (Å²) in [5, 5.41) is 11.5. The molecule has 1 aromatic carbocycles. The number of amides is 2. The Labute approximate surface area is 165 Å². The SMILES string of the molecule is CC(=O)Nc1ccc(NC(=O)CN2CC(c3nc(-c4cccs4)no3)C2)cc1. The molecule has 0 saturated carbocycles. The average Bonchev–Trinajstić information content (AvgIpc) is 3.30. The number of nitrogens with one attached hydrogen (secondary N) is 2. The smallest absolute Gasteiger partial charge is 0.238 e. The maximum Gasteiger partial charge on any atom is 0.238 e. The van der Waals surface area contributed by atoms with Crippen molar-refractivity contribution in [3.8, 4) is 10.7 Å². The van der Waals surface area contributed by atoms with Crippen molar-refractivity contribution >= 4 is 34.5 Å². The van der Waals surface area contributed by atoms with Crippen LogP contribution < -0.4 is 10.6 Å². The maximum atomic E-state index is 12.2. The van der Waals surface area contributed by atoms with Crippen LogP contribution in [-0.2, 0) is 9.59 Å². The summed E-state index contributed by atoms with van der Waals surface area (Å²) in [5.74, 6) is 1.17. The van der Waals surface area contributed by atoms with Gasteiger partial charge >= 0.3 is 0 Å². The highest BCUT2D eigenvalue weighted by Gasteiger charge is 2.33. The normalized spacial score (nSPS) is 14.5. The molecule has 2 N–H and O–H groups in total. The number of hydrogen-bond acceptors (Lipinski definition) is 7. The summed E-state index contributed by atoms with van der Waals surface area (Å²) in [6.45, 7) is 3.17. The van der Waals surface area contributed by atoms with Crippen LogP contribution in [-0.4, -0.2) is 46.5 Å². The summed E-state index contributed by atoms with van der Waals surface area (Å²) >= 11 is 1.57. The third-order valence-electron chi connectivity index (χ3n) is 4.35. The van der Waals surface area contributed by atoms with Crippen LogP contribution in [0.4, 0.5) is 11.4 Å². The molecule has 2 aromatic heterocycles. The Hall–Kier alpha value is -3.04. The summed E-state index contributed by atoms with van der Waals surface area (Å²) in [6, 6.07) is 10.9. The molecule has 1 aliphatic heterocycles. The predicted molar refractivity (Wildman–Crippen MR) is 106 cm³/mol. The molecule has 0 radical (unpaired) electrons. The molecule has 0 aliphatic carbocycles. The van der Waals surface area contributed by atoms with Gasteiger partial charge in [0.15, 0.2) is 0 Å². The Morgan fingerprint density at radius 2 is 1.89 bits per heavy atom. The van der Waals surface area contributed by atoms with Crippen LogP contribution in [0.3, 0.4) is 0 Å². The van der Waals surface area contributed by atoms with E-state index in [1.54, 1.807) is 35.6 Å². The number of nitrogens with zero attached hydrogens (tertiary/aromatic N) is 3. The maximum absolute atomic E-state index is 12.2. The number of thiophene rings is 1. The van der Waals surface area contributed by atoms with Crippen LogP contribution in [0.5, 0.6) is 0 Å². The van der Waals surface area contributed by atoms with Gasteiger partial charge in [0.1, 0.15) is 0 Å². The number of benzene rings is 1. The van der Waals surface area contributed by atoms with Crippen LogP contribution >= 0.6 is 11.3 Å². The second kappa shape index (κ2) is 7.91. The molecule has 1 aliphatic rings. The van der Waals surface area contributed by atoms with Gasteiger partial charge < -0.3 is 15.2 Å². The molecule has 0 bridgehead atoms. The van der Waals surface area contributed by atoms with Gasteiger partial charge in [0, 0.05) is 31.4 Å². The van der Waals surface area contributed by atoms with Crippen molar-refractivity contribution in [3.63, 3.8) is 0 Å². The Kier molecular flexibility index (Phi) is 5.18. The van der Waals surface area contributed by atoms with E-state index in [1.165, 1.54) is 6.92 Å². The number of anilines is 2. The molecule has 28 heavy (non-hydrogen) atoms. The molecule has 3 aromatic rings. The molecule has 0 atom stereocenters. The molecule has 0 unspecified atom stereocenters. The molecule has 3 heterocycles. The van der Waals surface area contributed by atoms with E-state index in [9.17, 15) is 9.59 Å². The van der Waals surface area contributed by atoms with E-state index in [2.05, 4.69) is 20.8 Å². The van der Waals surface area contributed by atoms with Crippen molar-refractivity contribution in [1.29, 1.82) is 0 Å². The number of carbonyl (C=O) groups excluding carboxylic acids is 2. The highest BCUT2D eigenvalue weighted by atomic mass is 32.1. The Bertz CT molecular complexity index is 962. The second-order valence-corrected chi connectivity index (χ2v) is 7.58.